The maximum Gasteiger partial charge on any atom is 0.238 e. The van der Waals surface area contributed by atoms with Crippen LogP contribution in [0.4, 0.5) is 11.4 Å². The SMILES string of the molecule is CCN(CCC#N)CC(=O)Nc1ccc(N)cc1OC. The minimum absolute atomic E-state index is 0.145. The van der Waals surface area contributed by atoms with Crippen molar-refractivity contribution in [2.45, 2.75) is 13.3 Å². The third kappa shape index (κ3) is 4.78. The van der Waals surface area contributed by atoms with E-state index in [1.165, 1.54) is 7.11 Å². The van der Waals surface area contributed by atoms with Crippen molar-refractivity contribution in [3.05, 3.63) is 18.2 Å². The van der Waals surface area contributed by atoms with Gasteiger partial charge in [0.1, 0.15) is 5.75 Å². The lowest BCUT2D eigenvalue weighted by Gasteiger charge is -2.18. The lowest BCUT2D eigenvalue weighted by atomic mass is 10.2. The first-order valence-electron chi connectivity index (χ1n) is 6.43. The number of likely N-dealkylation sites (N-methyl/N-ethyl adjacent to an activating group) is 1. The Kier molecular flexibility index (Phi) is 6.33. The minimum atomic E-state index is -0.145. The summed E-state index contributed by atoms with van der Waals surface area (Å²) in [5, 5.41) is 11.4. The summed E-state index contributed by atoms with van der Waals surface area (Å²) in [6.45, 7) is 3.49. The molecule has 0 atom stereocenters. The summed E-state index contributed by atoms with van der Waals surface area (Å²) in [6.07, 6.45) is 0.409. The van der Waals surface area contributed by atoms with Gasteiger partial charge in [0, 0.05) is 24.7 Å². The number of nitrogen functional groups attached to an aromatic ring is 1. The highest BCUT2D eigenvalue weighted by Crippen LogP contribution is 2.26. The van der Waals surface area contributed by atoms with Gasteiger partial charge in [-0.15, -0.1) is 0 Å². The maximum absolute atomic E-state index is 12.0. The van der Waals surface area contributed by atoms with Crippen molar-refractivity contribution < 1.29 is 9.53 Å². The molecule has 0 heterocycles. The summed E-state index contributed by atoms with van der Waals surface area (Å²) >= 11 is 0. The predicted molar refractivity (Wildman–Crippen MR) is 78.4 cm³/mol. The average molecular weight is 276 g/mol. The largest absolute Gasteiger partial charge is 0.494 e. The average Bonchev–Trinajstić information content (AvgIpc) is 2.45. The monoisotopic (exact) mass is 276 g/mol. The fourth-order valence-electron chi connectivity index (χ4n) is 1.76. The molecule has 1 rings (SSSR count). The van der Waals surface area contributed by atoms with E-state index < -0.39 is 0 Å². The van der Waals surface area contributed by atoms with E-state index in [1.54, 1.807) is 18.2 Å². The number of rotatable bonds is 7. The molecule has 0 aliphatic rings. The van der Waals surface area contributed by atoms with E-state index in [9.17, 15) is 4.79 Å². The predicted octanol–water partition coefficient (Wildman–Crippen LogP) is 1.45. The molecule has 0 spiro atoms. The summed E-state index contributed by atoms with van der Waals surface area (Å²) in [7, 11) is 1.52. The molecule has 3 N–H and O–H groups in total. The van der Waals surface area contributed by atoms with Gasteiger partial charge in [-0.2, -0.15) is 5.26 Å². The van der Waals surface area contributed by atoms with Crippen LogP contribution in [-0.4, -0.2) is 37.6 Å². The van der Waals surface area contributed by atoms with Crippen molar-refractivity contribution in [2.24, 2.45) is 0 Å². The van der Waals surface area contributed by atoms with Gasteiger partial charge in [-0.3, -0.25) is 9.69 Å². The van der Waals surface area contributed by atoms with Gasteiger partial charge < -0.3 is 15.8 Å². The van der Waals surface area contributed by atoms with E-state index in [1.807, 2.05) is 11.8 Å². The van der Waals surface area contributed by atoms with Crippen LogP contribution in [0.1, 0.15) is 13.3 Å². The molecule has 6 heteroatoms. The second kappa shape index (κ2) is 8.02. The molecule has 0 aliphatic carbocycles. The molecular weight excluding hydrogens is 256 g/mol. The van der Waals surface area contributed by atoms with Gasteiger partial charge in [0.2, 0.25) is 5.91 Å². The van der Waals surface area contributed by atoms with Gasteiger partial charge in [-0.05, 0) is 18.7 Å². The summed E-state index contributed by atoms with van der Waals surface area (Å²) in [4.78, 5) is 13.9. The molecule has 0 aliphatic heterocycles. The van der Waals surface area contributed by atoms with Gasteiger partial charge in [-0.25, -0.2) is 0 Å². The molecule has 0 bridgehead atoms. The summed E-state index contributed by atoms with van der Waals surface area (Å²) in [5.41, 5.74) is 6.82. The van der Waals surface area contributed by atoms with E-state index in [4.69, 9.17) is 15.7 Å². The standard InChI is InChI=1S/C14H20N4O2/c1-3-18(8-4-7-15)10-14(19)17-12-6-5-11(16)9-13(12)20-2/h5-6,9H,3-4,8,10,16H2,1-2H3,(H,17,19). The number of ether oxygens (including phenoxy) is 1. The molecule has 0 fully saturated rings. The zero-order chi connectivity index (χ0) is 15.0. The Morgan fingerprint density at radius 1 is 1.55 bits per heavy atom. The van der Waals surface area contributed by atoms with Gasteiger partial charge in [0.25, 0.3) is 0 Å². The van der Waals surface area contributed by atoms with E-state index in [0.717, 1.165) is 0 Å². The second-order valence-electron chi connectivity index (χ2n) is 4.28. The van der Waals surface area contributed by atoms with Crippen LogP contribution >= 0.6 is 0 Å². The number of nitrogens with one attached hydrogen (secondary N) is 1. The van der Waals surface area contributed by atoms with E-state index in [-0.39, 0.29) is 12.5 Å². The molecular formula is C14H20N4O2. The zero-order valence-electron chi connectivity index (χ0n) is 11.8. The van der Waals surface area contributed by atoms with Crippen LogP contribution in [0.5, 0.6) is 5.75 Å². The number of benzene rings is 1. The van der Waals surface area contributed by atoms with Crippen LogP contribution in [0, 0.1) is 11.3 Å². The normalized spacial score (nSPS) is 10.1. The number of nitrogens with zero attached hydrogens (tertiary/aromatic N) is 2. The van der Waals surface area contributed by atoms with E-state index in [2.05, 4.69) is 11.4 Å². The highest BCUT2D eigenvalue weighted by atomic mass is 16.5. The van der Waals surface area contributed by atoms with Gasteiger partial charge in [-0.1, -0.05) is 6.92 Å². The number of amides is 1. The molecule has 20 heavy (non-hydrogen) atoms. The van der Waals surface area contributed by atoms with Crippen molar-refractivity contribution >= 4 is 17.3 Å². The van der Waals surface area contributed by atoms with E-state index in [0.29, 0.717) is 36.6 Å². The number of carbonyl (C=O) groups is 1. The highest BCUT2D eigenvalue weighted by molar-refractivity contribution is 5.94. The van der Waals surface area contributed by atoms with Crippen LogP contribution in [0.25, 0.3) is 0 Å². The van der Waals surface area contributed by atoms with Crippen molar-refractivity contribution in [1.29, 1.82) is 5.26 Å². The number of hydrogen-bond acceptors (Lipinski definition) is 5. The first-order chi connectivity index (χ1) is 9.60. The molecule has 6 nitrogen and oxygen atoms in total. The number of nitriles is 1. The third-order valence-electron chi connectivity index (χ3n) is 2.85. The lowest BCUT2D eigenvalue weighted by Crippen LogP contribution is -2.33. The quantitative estimate of drug-likeness (QED) is 0.735. The number of nitrogens with two attached hydrogens (primary N) is 1. The Labute approximate surface area is 119 Å². The molecule has 1 aromatic rings. The summed E-state index contributed by atoms with van der Waals surface area (Å²) in [6, 6.07) is 7.13. The number of methoxy groups -OCH3 is 1. The summed E-state index contributed by atoms with van der Waals surface area (Å²) < 4.78 is 5.17. The molecule has 0 saturated carbocycles. The first kappa shape index (κ1) is 15.8. The fraction of sp³-hybridized carbons (Fsp3) is 0.429. The number of hydrogen-bond donors (Lipinski definition) is 2. The van der Waals surface area contributed by atoms with Gasteiger partial charge >= 0.3 is 0 Å². The Balaban J connectivity index is 2.64. The maximum atomic E-state index is 12.0. The minimum Gasteiger partial charge on any atom is -0.494 e. The van der Waals surface area contributed by atoms with Crippen LogP contribution in [0.2, 0.25) is 0 Å². The van der Waals surface area contributed by atoms with Crippen LogP contribution < -0.4 is 15.8 Å². The van der Waals surface area contributed by atoms with Crippen molar-refractivity contribution in [3.8, 4) is 11.8 Å². The Morgan fingerprint density at radius 3 is 2.90 bits per heavy atom. The van der Waals surface area contributed by atoms with Crippen molar-refractivity contribution in [3.63, 3.8) is 0 Å². The zero-order valence-corrected chi connectivity index (χ0v) is 11.8. The van der Waals surface area contributed by atoms with Gasteiger partial charge in [0.15, 0.2) is 0 Å². The van der Waals surface area contributed by atoms with Crippen LogP contribution in [-0.2, 0) is 4.79 Å². The molecule has 1 aromatic carbocycles. The molecule has 1 amide bonds. The number of anilines is 2. The topological polar surface area (TPSA) is 91.4 Å². The Hall–Kier alpha value is -2.26. The second-order valence-corrected chi connectivity index (χ2v) is 4.28. The molecule has 0 aromatic heterocycles. The Bertz CT molecular complexity index is 496. The van der Waals surface area contributed by atoms with Gasteiger partial charge in [0.05, 0.1) is 25.4 Å². The van der Waals surface area contributed by atoms with E-state index >= 15 is 0 Å². The molecule has 0 unspecified atom stereocenters. The summed E-state index contributed by atoms with van der Waals surface area (Å²) in [5.74, 6) is 0.381. The fourth-order valence-corrected chi connectivity index (χ4v) is 1.76. The first-order valence-corrected chi connectivity index (χ1v) is 6.43. The lowest BCUT2D eigenvalue weighted by molar-refractivity contribution is -0.117. The Morgan fingerprint density at radius 2 is 2.30 bits per heavy atom. The van der Waals surface area contributed by atoms with Crippen LogP contribution in [0.15, 0.2) is 18.2 Å². The highest BCUT2D eigenvalue weighted by Gasteiger charge is 2.11. The van der Waals surface area contributed by atoms with Crippen molar-refractivity contribution in [2.75, 3.05) is 37.8 Å². The van der Waals surface area contributed by atoms with Crippen molar-refractivity contribution in [1.82, 2.24) is 4.90 Å². The molecule has 108 valence electrons. The van der Waals surface area contributed by atoms with Crippen LogP contribution in [0.3, 0.4) is 0 Å². The molecule has 0 radical (unpaired) electrons. The number of carbonyl (C=O) groups excluding carboxylic acids is 1. The smallest absolute Gasteiger partial charge is 0.238 e. The third-order valence-corrected chi connectivity index (χ3v) is 2.85. The molecule has 0 saturated heterocycles.